The van der Waals surface area contributed by atoms with E-state index in [9.17, 15) is 4.79 Å². The zero-order chi connectivity index (χ0) is 10.8. The number of anilines is 1. The van der Waals surface area contributed by atoms with E-state index in [0.29, 0.717) is 5.69 Å². The molecular formula is C11H12N2O2. The number of benzene rings is 1. The number of hydrogen-bond donors (Lipinski definition) is 2. The molecule has 2 rings (SSSR count). The fourth-order valence-corrected chi connectivity index (χ4v) is 1.56. The van der Waals surface area contributed by atoms with Gasteiger partial charge in [-0.1, -0.05) is 0 Å². The summed E-state index contributed by atoms with van der Waals surface area (Å²) in [4.78, 5) is 11.0. The molecule has 4 heteroatoms. The van der Waals surface area contributed by atoms with Gasteiger partial charge in [0.15, 0.2) is 0 Å². The van der Waals surface area contributed by atoms with Crippen molar-refractivity contribution in [2.75, 3.05) is 11.9 Å². The van der Waals surface area contributed by atoms with Gasteiger partial charge in [0.2, 0.25) is 5.91 Å². The van der Waals surface area contributed by atoms with Gasteiger partial charge < -0.3 is 15.0 Å². The number of fused-ring (bicyclic) bond motifs is 1. The quantitative estimate of drug-likeness (QED) is 0.769. The van der Waals surface area contributed by atoms with Gasteiger partial charge >= 0.3 is 0 Å². The molecule has 2 N–H and O–H groups in total. The molecule has 0 aliphatic heterocycles. The van der Waals surface area contributed by atoms with Gasteiger partial charge in [-0.05, 0) is 24.3 Å². The number of aromatic nitrogens is 1. The molecule has 0 saturated heterocycles. The third-order valence-corrected chi connectivity index (χ3v) is 2.31. The minimum absolute atomic E-state index is 0.398. The fraction of sp³-hybridized carbons (Fsp3) is 0.182. The van der Waals surface area contributed by atoms with E-state index < -0.39 is 12.5 Å². The third-order valence-electron chi connectivity index (χ3n) is 2.31. The van der Waals surface area contributed by atoms with Gasteiger partial charge in [0, 0.05) is 29.8 Å². The molecule has 0 atom stereocenters. The number of nitrogens with zero attached hydrogens (tertiary/aromatic N) is 1. The lowest BCUT2D eigenvalue weighted by molar-refractivity contribution is -0.118. The van der Waals surface area contributed by atoms with Crippen molar-refractivity contribution in [3.05, 3.63) is 30.5 Å². The van der Waals surface area contributed by atoms with Crippen molar-refractivity contribution in [1.29, 1.82) is 0 Å². The SMILES string of the molecule is Cn1ccc2cc(NC(=O)CO)ccc21. The molecule has 0 radical (unpaired) electrons. The third kappa shape index (κ3) is 1.85. The van der Waals surface area contributed by atoms with E-state index in [-0.39, 0.29) is 0 Å². The molecule has 0 aliphatic carbocycles. The molecule has 15 heavy (non-hydrogen) atoms. The van der Waals surface area contributed by atoms with Crippen molar-refractivity contribution in [3.8, 4) is 0 Å². The number of rotatable bonds is 2. The van der Waals surface area contributed by atoms with Gasteiger partial charge in [-0.3, -0.25) is 4.79 Å². The number of carbonyl (C=O) groups excluding carboxylic acids is 1. The van der Waals surface area contributed by atoms with Crippen LogP contribution in [-0.2, 0) is 11.8 Å². The minimum Gasteiger partial charge on any atom is -0.387 e. The fourth-order valence-electron chi connectivity index (χ4n) is 1.56. The number of carbonyl (C=O) groups is 1. The molecule has 0 aliphatic rings. The van der Waals surface area contributed by atoms with Crippen LogP contribution in [0, 0.1) is 0 Å². The number of aliphatic hydroxyl groups excluding tert-OH is 1. The van der Waals surface area contributed by atoms with Gasteiger partial charge in [-0.25, -0.2) is 0 Å². The lowest BCUT2D eigenvalue weighted by Gasteiger charge is -2.03. The number of amides is 1. The van der Waals surface area contributed by atoms with Gasteiger partial charge in [0.25, 0.3) is 0 Å². The molecule has 78 valence electrons. The second-order valence-corrected chi connectivity index (χ2v) is 3.41. The molecule has 0 bridgehead atoms. The average molecular weight is 204 g/mol. The molecule has 1 heterocycles. The Morgan fingerprint density at radius 3 is 3.00 bits per heavy atom. The van der Waals surface area contributed by atoms with Gasteiger partial charge in [-0.15, -0.1) is 0 Å². The number of hydrogen-bond acceptors (Lipinski definition) is 2. The largest absolute Gasteiger partial charge is 0.387 e. The predicted octanol–water partition coefficient (Wildman–Crippen LogP) is 1.11. The van der Waals surface area contributed by atoms with Crippen LogP contribution in [0.4, 0.5) is 5.69 Å². The Bertz CT molecular complexity index is 502. The van der Waals surface area contributed by atoms with Crippen LogP contribution >= 0.6 is 0 Å². The Hall–Kier alpha value is -1.81. The zero-order valence-electron chi connectivity index (χ0n) is 8.40. The summed E-state index contributed by atoms with van der Waals surface area (Å²) in [6, 6.07) is 7.60. The van der Waals surface area contributed by atoms with Crippen LogP contribution in [-0.4, -0.2) is 22.2 Å². The second-order valence-electron chi connectivity index (χ2n) is 3.41. The molecule has 2 aromatic rings. The van der Waals surface area contributed by atoms with E-state index in [2.05, 4.69) is 5.32 Å². The summed E-state index contributed by atoms with van der Waals surface area (Å²) < 4.78 is 2.01. The van der Waals surface area contributed by atoms with Crippen molar-refractivity contribution in [2.24, 2.45) is 7.05 Å². The Labute approximate surface area is 87.1 Å². The Morgan fingerprint density at radius 1 is 1.47 bits per heavy atom. The smallest absolute Gasteiger partial charge is 0.250 e. The molecule has 1 aromatic carbocycles. The summed E-state index contributed by atoms with van der Waals surface area (Å²) in [5, 5.41) is 12.3. The van der Waals surface area contributed by atoms with E-state index in [1.165, 1.54) is 0 Å². The van der Waals surface area contributed by atoms with Crippen molar-refractivity contribution < 1.29 is 9.90 Å². The second kappa shape index (κ2) is 3.74. The summed E-state index contributed by atoms with van der Waals surface area (Å²) in [5.41, 5.74) is 1.81. The van der Waals surface area contributed by atoms with E-state index >= 15 is 0 Å². The van der Waals surface area contributed by atoms with E-state index in [1.807, 2.05) is 42.1 Å². The first-order valence-corrected chi connectivity index (χ1v) is 4.66. The van der Waals surface area contributed by atoms with Crippen molar-refractivity contribution in [2.45, 2.75) is 0 Å². The molecule has 1 aromatic heterocycles. The maximum absolute atomic E-state index is 11.0. The Kier molecular flexibility index (Phi) is 2.43. The first kappa shape index (κ1) is 9.73. The molecule has 0 spiro atoms. The Balaban J connectivity index is 2.35. The number of nitrogens with one attached hydrogen (secondary N) is 1. The lowest BCUT2D eigenvalue weighted by atomic mass is 10.2. The maximum atomic E-state index is 11.0. The topological polar surface area (TPSA) is 54.3 Å². The summed E-state index contributed by atoms with van der Waals surface area (Å²) in [7, 11) is 1.97. The van der Waals surface area contributed by atoms with Crippen molar-refractivity contribution in [3.63, 3.8) is 0 Å². The Morgan fingerprint density at radius 2 is 2.27 bits per heavy atom. The predicted molar refractivity (Wildman–Crippen MR) is 58.6 cm³/mol. The highest BCUT2D eigenvalue weighted by atomic mass is 16.3. The van der Waals surface area contributed by atoms with Gasteiger partial charge in [0.1, 0.15) is 6.61 Å². The molecule has 0 unspecified atom stereocenters. The standard InChI is InChI=1S/C11H12N2O2/c1-13-5-4-8-6-9(2-3-10(8)13)12-11(15)7-14/h2-6,14H,7H2,1H3,(H,12,15). The minimum atomic E-state index is -0.493. The van der Waals surface area contributed by atoms with E-state index in [4.69, 9.17) is 5.11 Å². The zero-order valence-corrected chi connectivity index (χ0v) is 8.40. The van der Waals surface area contributed by atoms with Crippen LogP contribution in [0.1, 0.15) is 0 Å². The normalized spacial score (nSPS) is 10.5. The van der Waals surface area contributed by atoms with Crippen LogP contribution in [0.2, 0.25) is 0 Å². The molecule has 0 saturated carbocycles. The van der Waals surface area contributed by atoms with Gasteiger partial charge in [0.05, 0.1) is 0 Å². The summed E-state index contributed by atoms with van der Waals surface area (Å²) >= 11 is 0. The summed E-state index contributed by atoms with van der Waals surface area (Å²) in [5.74, 6) is -0.398. The first-order valence-electron chi connectivity index (χ1n) is 4.66. The average Bonchev–Trinajstić information content (AvgIpc) is 2.60. The van der Waals surface area contributed by atoms with Gasteiger partial charge in [-0.2, -0.15) is 0 Å². The van der Waals surface area contributed by atoms with Crippen LogP contribution in [0.5, 0.6) is 0 Å². The summed E-state index contributed by atoms with van der Waals surface area (Å²) in [6.07, 6.45) is 1.96. The van der Waals surface area contributed by atoms with E-state index in [1.54, 1.807) is 0 Å². The monoisotopic (exact) mass is 204 g/mol. The van der Waals surface area contributed by atoms with Crippen LogP contribution < -0.4 is 5.32 Å². The van der Waals surface area contributed by atoms with Crippen LogP contribution in [0.15, 0.2) is 30.5 Å². The number of aliphatic hydroxyl groups is 1. The molecule has 0 fully saturated rings. The summed E-state index contributed by atoms with van der Waals surface area (Å²) in [6.45, 7) is -0.493. The van der Waals surface area contributed by atoms with Crippen LogP contribution in [0.3, 0.4) is 0 Å². The molecular weight excluding hydrogens is 192 g/mol. The highest BCUT2D eigenvalue weighted by molar-refractivity contribution is 5.94. The lowest BCUT2D eigenvalue weighted by Crippen LogP contribution is -2.15. The van der Waals surface area contributed by atoms with Crippen molar-refractivity contribution >= 4 is 22.5 Å². The molecule has 4 nitrogen and oxygen atoms in total. The highest BCUT2D eigenvalue weighted by Crippen LogP contribution is 2.19. The van der Waals surface area contributed by atoms with Crippen molar-refractivity contribution in [1.82, 2.24) is 4.57 Å². The maximum Gasteiger partial charge on any atom is 0.250 e. The number of aryl methyl sites for hydroxylation is 1. The molecule has 1 amide bonds. The van der Waals surface area contributed by atoms with E-state index in [0.717, 1.165) is 10.9 Å². The highest BCUT2D eigenvalue weighted by Gasteiger charge is 2.02. The van der Waals surface area contributed by atoms with Crippen LogP contribution in [0.25, 0.3) is 10.9 Å². The first-order chi connectivity index (χ1) is 7.20.